The molecule has 6 aromatic rings. The first-order chi connectivity index (χ1) is 30.3. The minimum Gasteiger partial charge on any atom is -0.477 e. The summed E-state index contributed by atoms with van der Waals surface area (Å²) in [5.41, 5.74) is 1.87. The highest BCUT2D eigenvalue weighted by molar-refractivity contribution is 6.08. The molecule has 0 fully saturated rings. The Kier molecular flexibility index (Phi) is 13.0. The van der Waals surface area contributed by atoms with E-state index in [1.54, 1.807) is 47.6 Å². The van der Waals surface area contributed by atoms with E-state index < -0.39 is 41.4 Å². The van der Waals surface area contributed by atoms with Crippen LogP contribution in [0.3, 0.4) is 0 Å². The van der Waals surface area contributed by atoms with Gasteiger partial charge >= 0.3 is 5.97 Å². The molecule has 24 heteroatoms. The normalized spacial score (nSPS) is 10.9. The van der Waals surface area contributed by atoms with Crippen molar-refractivity contribution in [2.45, 2.75) is 19.8 Å². The quantitative estimate of drug-likeness (QED) is 0.0653. The number of carboxylic acid groups (broad SMARTS) is 1. The lowest BCUT2D eigenvalue weighted by atomic mass is 10.3. The standard InChI is InChI=1S/C40H45N15O9/c1-21(56)42-30-19-54(6)33(48-30)38(61)45-23-12-27(51(3)16-23)36(59)43-22-11-26(50(2)15-22)35(58)41-10-8-9-32(57)47-31-20-55(7)34(49-31)39(62)46-24-13-28(52(4)17-24)37(60)44-25-14-29(40(63)64)53(5)18-25/h11-20H,8-10H2,1-7H3,(H,41,58)(H,42,56)(H,43,59)(H,44,60)(H,45,61)(H,46,62)(H,47,57)(H,63,64). The number of anilines is 6. The molecule has 0 aliphatic rings. The topological polar surface area (TPSA) is 296 Å². The van der Waals surface area contributed by atoms with Gasteiger partial charge in [0, 0.05) is 99.4 Å². The zero-order valence-corrected chi connectivity index (χ0v) is 35.7. The second kappa shape index (κ2) is 18.5. The van der Waals surface area contributed by atoms with Gasteiger partial charge in [-0.3, -0.25) is 33.6 Å². The Morgan fingerprint density at radius 2 is 0.859 bits per heavy atom. The van der Waals surface area contributed by atoms with Gasteiger partial charge in [-0.2, -0.15) is 0 Å². The number of nitrogens with zero attached hydrogens (tertiary/aromatic N) is 8. The van der Waals surface area contributed by atoms with Gasteiger partial charge < -0.3 is 69.7 Å². The Labute approximate surface area is 363 Å². The number of aromatic carboxylic acids is 1. The van der Waals surface area contributed by atoms with Gasteiger partial charge in [0.05, 0.1) is 22.7 Å². The number of aromatic nitrogens is 8. The summed E-state index contributed by atoms with van der Waals surface area (Å²) in [5, 5.41) is 27.9. The molecular formula is C40H45N15O9. The molecule has 0 aromatic carbocycles. The molecule has 8 N–H and O–H groups in total. The van der Waals surface area contributed by atoms with Crippen molar-refractivity contribution in [3.63, 3.8) is 0 Å². The van der Waals surface area contributed by atoms with E-state index in [1.807, 2.05) is 0 Å². The Morgan fingerprint density at radius 3 is 1.27 bits per heavy atom. The molecule has 24 nitrogen and oxygen atoms in total. The van der Waals surface area contributed by atoms with Crippen LogP contribution >= 0.6 is 0 Å². The molecule has 334 valence electrons. The highest BCUT2D eigenvalue weighted by Crippen LogP contribution is 2.21. The number of carboxylic acids is 1. The maximum Gasteiger partial charge on any atom is 0.352 e. The van der Waals surface area contributed by atoms with Crippen LogP contribution in [0.15, 0.2) is 61.4 Å². The predicted octanol–water partition coefficient (Wildman–Crippen LogP) is 2.32. The van der Waals surface area contributed by atoms with E-state index in [-0.39, 0.29) is 82.7 Å². The number of aryl methyl sites for hydroxylation is 6. The first-order valence-electron chi connectivity index (χ1n) is 19.3. The van der Waals surface area contributed by atoms with Crippen molar-refractivity contribution in [3.8, 4) is 0 Å². The van der Waals surface area contributed by atoms with Gasteiger partial charge in [0.25, 0.3) is 29.5 Å². The van der Waals surface area contributed by atoms with Crippen LogP contribution in [-0.2, 0) is 51.9 Å². The fourth-order valence-corrected chi connectivity index (χ4v) is 6.59. The average Bonchev–Trinajstić information content (AvgIpc) is 4.06. The molecule has 0 unspecified atom stereocenters. The number of hydrogen-bond donors (Lipinski definition) is 8. The van der Waals surface area contributed by atoms with Gasteiger partial charge in [-0.25, -0.2) is 14.8 Å². The van der Waals surface area contributed by atoms with Gasteiger partial charge in [0.2, 0.25) is 23.5 Å². The third-order valence-electron chi connectivity index (χ3n) is 9.56. The summed E-state index contributed by atoms with van der Waals surface area (Å²) in [6, 6.07) is 5.74. The minimum atomic E-state index is -1.14. The van der Waals surface area contributed by atoms with E-state index in [0.717, 1.165) is 0 Å². The Balaban J connectivity index is 0.945. The highest BCUT2D eigenvalue weighted by Gasteiger charge is 2.22. The third kappa shape index (κ3) is 10.4. The molecule has 0 saturated carbocycles. The zero-order chi connectivity index (χ0) is 46.6. The number of amides is 7. The fraction of sp³-hybridized carbons (Fsp3) is 0.250. The molecule has 0 aliphatic heterocycles. The number of rotatable bonds is 16. The Bertz CT molecular complexity index is 2850. The molecule has 0 atom stereocenters. The van der Waals surface area contributed by atoms with Gasteiger partial charge in [-0.15, -0.1) is 0 Å². The first kappa shape index (κ1) is 44.8. The molecule has 6 heterocycles. The van der Waals surface area contributed by atoms with Crippen molar-refractivity contribution in [3.05, 3.63) is 95.9 Å². The minimum absolute atomic E-state index is 0.00764. The van der Waals surface area contributed by atoms with Crippen LogP contribution in [0, 0.1) is 0 Å². The van der Waals surface area contributed by atoms with E-state index in [0.29, 0.717) is 11.4 Å². The van der Waals surface area contributed by atoms with Crippen LogP contribution in [0.4, 0.5) is 34.4 Å². The van der Waals surface area contributed by atoms with Crippen molar-refractivity contribution >= 4 is 81.7 Å². The molecule has 6 rings (SSSR count). The number of carbonyl (C=O) groups excluding carboxylic acids is 7. The summed E-state index contributed by atoms with van der Waals surface area (Å²) in [6.07, 6.45) is 9.32. The summed E-state index contributed by atoms with van der Waals surface area (Å²) in [7, 11) is 9.57. The van der Waals surface area contributed by atoms with Crippen molar-refractivity contribution in [1.82, 2.24) is 42.7 Å². The zero-order valence-electron chi connectivity index (χ0n) is 35.7. The fourth-order valence-electron chi connectivity index (χ4n) is 6.59. The van der Waals surface area contributed by atoms with Crippen LogP contribution < -0.4 is 37.2 Å². The van der Waals surface area contributed by atoms with Gasteiger partial charge in [-0.1, -0.05) is 0 Å². The van der Waals surface area contributed by atoms with Gasteiger partial charge in [-0.05, 0) is 30.7 Å². The van der Waals surface area contributed by atoms with E-state index >= 15 is 0 Å². The Hall–Kier alpha value is -8.70. The van der Waals surface area contributed by atoms with Crippen molar-refractivity contribution in [2.75, 3.05) is 38.4 Å². The number of nitrogens with one attached hydrogen (secondary N) is 7. The van der Waals surface area contributed by atoms with E-state index in [2.05, 4.69) is 47.2 Å². The number of carbonyl (C=O) groups is 8. The second-order valence-electron chi connectivity index (χ2n) is 14.7. The molecule has 6 aromatic heterocycles. The Morgan fingerprint density at radius 1 is 0.484 bits per heavy atom. The lowest BCUT2D eigenvalue weighted by molar-refractivity contribution is -0.116. The summed E-state index contributed by atoms with van der Waals surface area (Å²) < 4.78 is 8.78. The molecule has 0 aliphatic carbocycles. The number of hydrogen-bond acceptors (Lipinski definition) is 10. The monoisotopic (exact) mass is 879 g/mol. The van der Waals surface area contributed by atoms with Crippen molar-refractivity contribution < 1.29 is 43.5 Å². The largest absolute Gasteiger partial charge is 0.477 e. The maximum absolute atomic E-state index is 13.2. The van der Waals surface area contributed by atoms with Crippen molar-refractivity contribution in [2.24, 2.45) is 42.3 Å². The van der Waals surface area contributed by atoms with Crippen LogP contribution in [-0.4, -0.2) is 96.3 Å². The summed E-state index contributed by atoms with van der Waals surface area (Å²) in [6.45, 7) is 1.47. The average molecular weight is 880 g/mol. The van der Waals surface area contributed by atoms with Crippen LogP contribution in [0.2, 0.25) is 0 Å². The molecular weight excluding hydrogens is 835 g/mol. The van der Waals surface area contributed by atoms with Gasteiger partial charge in [0.15, 0.2) is 11.6 Å². The lowest BCUT2D eigenvalue weighted by Crippen LogP contribution is -2.27. The summed E-state index contributed by atoms with van der Waals surface area (Å²) >= 11 is 0. The molecule has 7 amide bonds. The smallest absolute Gasteiger partial charge is 0.352 e. The predicted molar refractivity (Wildman–Crippen MR) is 231 cm³/mol. The van der Waals surface area contributed by atoms with Crippen LogP contribution in [0.5, 0.6) is 0 Å². The van der Waals surface area contributed by atoms with E-state index in [4.69, 9.17) is 0 Å². The molecule has 0 bridgehead atoms. The second-order valence-corrected chi connectivity index (χ2v) is 14.7. The first-order valence-corrected chi connectivity index (χ1v) is 19.3. The molecule has 64 heavy (non-hydrogen) atoms. The molecule has 0 spiro atoms. The van der Waals surface area contributed by atoms with E-state index in [9.17, 15) is 43.5 Å². The van der Waals surface area contributed by atoms with Crippen LogP contribution in [0.25, 0.3) is 0 Å². The molecule has 0 radical (unpaired) electrons. The summed E-state index contributed by atoms with van der Waals surface area (Å²) in [4.78, 5) is 109. The SMILES string of the molecule is CC(=O)Nc1cn(C)c(C(=O)Nc2cc(C(=O)Nc3cc(C(=O)NCCCC(=O)Nc4cn(C)c(C(=O)Nc5cc(C(=O)Nc6cc(C(=O)O)n(C)c6)n(C)c5)n4)n(C)c3)n(C)c2)n1. The van der Waals surface area contributed by atoms with Crippen molar-refractivity contribution in [1.29, 1.82) is 0 Å². The van der Waals surface area contributed by atoms with E-state index in [1.165, 1.54) is 90.4 Å². The highest BCUT2D eigenvalue weighted by atomic mass is 16.4. The molecule has 0 saturated heterocycles. The van der Waals surface area contributed by atoms with Crippen LogP contribution in [0.1, 0.15) is 83.0 Å². The summed E-state index contributed by atoms with van der Waals surface area (Å²) in [5.74, 6) is -4.19. The number of imidazole rings is 2. The third-order valence-corrected chi connectivity index (χ3v) is 9.56. The van der Waals surface area contributed by atoms with Gasteiger partial charge in [0.1, 0.15) is 22.8 Å². The maximum atomic E-state index is 13.2. The lowest BCUT2D eigenvalue weighted by Gasteiger charge is -2.06.